The van der Waals surface area contributed by atoms with Crippen molar-refractivity contribution in [3.63, 3.8) is 0 Å². The maximum Gasteiger partial charge on any atom is 0.191 e. The number of phenols is 1. The molecule has 0 spiro atoms. The maximum atomic E-state index is 10.9. The molecule has 0 unspecified atom stereocenters. The standard InChI is InChI=1S/C19H27N3OS2/c1-18(2,3)12-9-11(10-13(14(12)23)19(4,5)6)15-20-16(24-7)22-17(21-15)25-8/h9-10,23H,1-8H3. The number of phenolic OH excluding ortho intramolecular Hbond substituents is 1. The van der Waals surface area contributed by atoms with Gasteiger partial charge in [0.15, 0.2) is 16.1 Å². The molecule has 0 atom stereocenters. The van der Waals surface area contributed by atoms with Gasteiger partial charge >= 0.3 is 0 Å². The normalized spacial score (nSPS) is 12.5. The van der Waals surface area contributed by atoms with E-state index in [0.29, 0.717) is 21.9 Å². The number of nitrogens with zero attached hydrogens (tertiary/aromatic N) is 3. The van der Waals surface area contributed by atoms with Crippen molar-refractivity contribution in [2.45, 2.75) is 62.7 Å². The monoisotopic (exact) mass is 377 g/mol. The summed E-state index contributed by atoms with van der Waals surface area (Å²) in [5.74, 6) is 1.02. The van der Waals surface area contributed by atoms with Crippen molar-refractivity contribution >= 4 is 23.5 Å². The zero-order valence-corrected chi connectivity index (χ0v) is 17.9. The Morgan fingerprint density at radius 2 is 1.16 bits per heavy atom. The van der Waals surface area contributed by atoms with Gasteiger partial charge in [0.25, 0.3) is 0 Å². The van der Waals surface area contributed by atoms with Crippen LogP contribution in [0.15, 0.2) is 22.4 Å². The Morgan fingerprint density at radius 3 is 1.48 bits per heavy atom. The van der Waals surface area contributed by atoms with Crippen LogP contribution < -0.4 is 0 Å². The molecule has 0 saturated heterocycles. The molecule has 0 saturated carbocycles. The molecule has 136 valence electrons. The van der Waals surface area contributed by atoms with Crippen LogP contribution in [0.5, 0.6) is 5.75 Å². The van der Waals surface area contributed by atoms with E-state index in [1.54, 1.807) is 0 Å². The van der Waals surface area contributed by atoms with E-state index in [9.17, 15) is 5.11 Å². The molecule has 0 aliphatic heterocycles. The molecule has 6 heteroatoms. The molecule has 4 nitrogen and oxygen atoms in total. The van der Waals surface area contributed by atoms with Crippen LogP contribution in [-0.4, -0.2) is 32.6 Å². The largest absolute Gasteiger partial charge is 0.507 e. The van der Waals surface area contributed by atoms with Crippen LogP contribution in [0.2, 0.25) is 0 Å². The van der Waals surface area contributed by atoms with Crippen molar-refractivity contribution in [3.8, 4) is 17.1 Å². The topological polar surface area (TPSA) is 58.9 Å². The quantitative estimate of drug-likeness (QED) is 0.734. The molecule has 1 N–H and O–H groups in total. The van der Waals surface area contributed by atoms with Gasteiger partial charge in [0.05, 0.1) is 0 Å². The van der Waals surface area contributed by atoms with Crippen LogP contribution in [0.3, 0.4) is 0 Å². The molecular weight excluding hydrogens is 350 g/mol. The fourth-order valence-corrected chi connectivity index (χ4v) is 3.33. The second-order valence-electron chi connectivity index (χ2n) is 8.05. The van der Waals surface area contributed by atoms with Crippen molar-refractivity contribution in [1.29, 1.82) is 0 Å². The molecule has 2 aromatic rings. The number of benzene rings is 1. The predicted octanol–water partition coefficient (Wildman–Crippen LogP) is 5.28. The lowest BCUT2D eigenvalue weighted by Crippen LogP contribution is -2.17. The summed E-state index contributed by atoms with van der Waals surface area (Å²) < 4.78 is 0. The van der Waals surface area contributed by atoms with Gasteiger partial charge in [-0.1, -0.05) is 65.1 Å². The van der Waals surface area contributed by atoms with Crippen LogP contribution in [0.4, 0.5) is 0 Å². The lowest BCUT2D eigenvalue weighted by Gasteiger charge is -2.28. The first kappa shape index (κ1) is 20.0. The summed E-state index contributed by atoms with van der Waals surface area (Å²) in [6.07, 6.45) is 3.92. The molecule has 0 aliphatic carbocycles. The highest BCUT2D eigenvalue weighted by atomic mass is 32.2. The third-order valence-corrected chi connectivity index (χ3v) is 5.04. The molecular formula is C19H27N3OS2. The first-order chi connectivity index (χ1) is 11.5. The SMILES string of the molecule is CSc1nc(SC)nc(-c2cc(C(C)(C)C)c(O)c(C(C)(C)C)c2)n1. The third kappa shape index (κ3) is 4.47. The van der Waals surface area contributed by atoms with Gasteiger partial charge in [0.1, 0.15) is 5.75 Å². The Labute approximate surface area is 159 Å². The number of aromatic hydroxyl groups is 1. The molecule has 2 rings (SSSR count). The Balaban J connectivity index is 2.78. The fourth-order valence-electron chi connectivity index (χ4n) is 2.56. The van der Waals surface area contributed by atoms with Crippen molar-refractivity contribution in [2.24, 2.45) is 0 Å². The van der Waals surface area contributed by atoms with Gasteiger partial charge in [-0.15, -0.1) is 0 Å². The summed E-state index contributed by atoms with van der Waals surface area (Å²) in [7, 11) is 0. The Bertz CT molecular complexity index is 720. The van der Waals surface area contributed by atoms with E-state index in [1.807, 2.05) is 24.6 Å². The predicted molar refractivity (Wildman–Crippen MR) is 108 cm³/mol. The van der Waals surface area contributed by atoms with Crippen LogP contribution in [-0.2, 0) is 10.8 Å². The van der Waals surface area contributed by atoms with Gasteiger partial charge in [0.2, 0.25) is 0 Å². The number of hydrogen-bond acceptors (Lipinski definition) is 6. The van der Waals surface area contributed by atoms with Gasteiger partial charge in [-0.3, -0.25) is 0 Å². The Kier molecular flexibility index (Phi) is 5.74. The average Bonchev–Trinajstić information content (AvgIpc) is 2.52. The van der Waals surface area contributed by atoms with E-state index in [4.69, 9.17) is 0 Å². The minimum Gasteiger partial charge on any atom is -0.507 e. The highest BCUT2D eigenvalue weighted by Gasteiger charge is 2.27. The summed E-state index contributed by atoms with van der Waals surface area (Å²) in [6.45, 7) is 12.6. The Morgan fingerprint density at radius 1 is 0.760 bits per heavy atom. The summed E-state index contributed by atoms with van der Waals surface area (Å²) in [4.78, 5) is 13.6. The van der Waals surface area contributed by atoms with E-state index in [1.165, 1.54) is 23.5 Å². The molecule has 1 aromatic heterocycles. The molecule has 1 aromatic carbocycles. The fraction of sp³-hybridized carbons (Fsp3) is 0.526. The zero-order chi connectivity index (χ0) is 19.0. The van der Waals surface area contributed by atoms with Gasteiger partial charge in [-0.25, -0.2) is 9.97 Å². The highest BCUT2D eigenvalue weighted by Crippen LogP contribution is 2.41. The second kappa shape index (κ2) is 7.16. The lowest BCUT2D eigenvalue weighted by molar-refractivity contribution is 0.423. The highest BCUT2D eigenvalue weighted by molar-refractivity contribution is 7.99. The van der Waals surface area contributed by atoms with Crippen LogP contribution in [0.1, 0.15) is 52.7 Å². The first-order valence-corrected chi connectivity index (χ1v) is 10.6. The molecule has 0 fully saturated rings. The smallest absolute Gasteiger partial charge is 0.191 e. The van der Waals surface area contributed by atoms with Gasteiger partial charge in [-0.05, 0) is 35.5 Å². The van der Waals surface area contributed by atoms with Gasteiger partial charge in [0, 0.05) is 16.7 Å². The van der Waals surface area contributed by atoms with Crippen molar-refractivity contribution in [3.05, 3.63) is 23.3 Å². The minimum absolute atomic E-state index is 0.183. The molecule has 0 bridgehead atoms. The average molecular weight is 378 g/mol. The number of aromatic nitrogens is 3. The van der Waals surface area contributed by atoms with E-state index < -0.39 is 0 Å². The molecule has 25 heavy (non-hydrogen) atoms. The van der Waals surface area contributed by atoms with E-state index in [0.717, 1.165) is 16.7 Å². The van der Waals surface area contributed by atoms with Gasteiger partial charge in [-0.2, -0.15) is 4.98 Å². The molecule has 0 amide bonds. The maximum absolute atomic E-state index is 10.9. The van der Waals surface area contributed by atoms with E-state index in [-0.39, 0.29) is 10.8 Å². The van der Waals surface area contributed by atoms with Crippen molar-refractivity contribution in [2.75, 3.05) is 12.5 Å². The lowest BCUT2D eigenvalue weighted by atomic mass is 9.78. The zero-order valence-electron chi connectivity index (χ0n) is 16.3. The summed E-state index contributed by atoms with van der Waals surface area (Å²) in [6, 6.07) is 4.02. The van der Waals surface area contributed by atoms with Crippen molar-refractivity contribution in [1.82, 2.24) is 15.0 Å². The number of rotatable bonds is 3. The van der Waals surface area contributed by atoms with Crippen molar-refractivity contribution < 1.29 is 5.11 Å². The first-order valence-electron chi connectivity index (χ1n) is 8.19. The van der Waals surface area contributed by atoms with Gasteiger partial charge < -0.3 is 5.11 Å². The molecule has 0 aliphatic rings. The summed E-state index contributed by atoms with van der Waals surface area (Å²) in [5, 5.41) is 12.3. The van der Waals surface area contributed by atoms with Crippen LogP contribution in [0.25, 0.3) is 11.4 Å². The summed E-state index contributed by atoms with van der Waals surface area (Å²) >= 11 is 3.01. The Hall–Kier alpha value is -1.27. The minimum atomic E-state index is -0.183. The second-order valence-corrected chi connectivity index (χ2v) is 9.60. The number of thioether (sulfide) groups is 2. The van der Waals surface area contributed by atoms with Crippen LogP contribution >= 0.6 is 23.5 Å². The summed E-state index contributed by atoms with van der Waals surface area (Å²) in [5.41, 5.74) is 2.37. The molecule has 0 radical (unpaired) electrons. The third-order valence-electron chi connectivity index (χ3n) is 3.94. The van der Waals surface area contributed by atoms with E-state index in [2.05, 4.69) is 56.5 Å². The number of hydrogen-bond donors (Lipinski definition) is 1. The van der Waals surface area contributed by atoms with E-state index >= 15 is 0 Å². The van der Waals surface area contributed by atoms with Crippen LogP contribution in [0, 0.1) is 0 Å². The molecule has 1 heterocycles.